The summed E-state index contributed by atoms with van der Waals surface area (Å²) in [6.07, 6.45) is 0. The number of amides is 2. The number of ether oxygens (including phenoxy) is 1. The highest BCUT2D eigenvalue weighted by Crippen LogP contribution is 2.31. The lowest BCUT2D eigenvalue weighted by molar-refractivity contribution is -0.144. The fraction of sp³-hybridized carbons (Fsp3) is 0.250. The Labute approximate surface area is 123 Å². The molecule has 0 spiro atoms. The number of hydrogen-bond acceptors (Lipinski definition) is 5. The fourth-order valence-electron chi connectivity index (χ4n) is 1.76. The van der Waals surface area contributed by atoms with E-state index in [1.165, 1.54) is 12.1 Å². The molecule has 20 heavy (non-hydrogen) atoms. The van der Waals surface area contributed by atoms with Crippen LogP contribution in [0.25, 0.3) is 0 Å². The summed E-state index contributed by atoms with van der Waals surface area (Å²) in [4.78, 5) is 36.2. The number of carbonyl (C=O) groups is 3. The molecule has 1 aliphatic heterocycles. The van der Waals surface area contributed by atoms with Gasteiger partial charge in [0.1, 0.15) is 13.2 Å². The van der Waals surface area contributed by atoms with Gasteiger partial charge in [-0.3, -0.25) is 19.3 Å². The summed E-state index contributed by atoms with van der Waals surface area (Å²) in [5, 5.41) is 8.83. The standard InChI is InChI=1S/C12H9Cl2NO5/c13-8-3-6-7(4-9(8)14)12(19)15(11(6)18)5-10(17)20-2-1-16/h3-4,16H,1-2,5H2. The maximum Gasteiger partial charge on any atom is 0.326 e. The minimum absolute atomic E-state index is 0.0966. The quantitative estimate of drug-likeness (QED) is 0.664. The van der Waals surface area contributed by atoms with Gasteiger partial charge < -0.3 is 9.84 Å². The van der Waals surface area contributed by atoms with Crippen molar-refractivity contribution in [3.8, 4) is 0 Å². The van der Waals surface area contributed by atoms with Gasteiger partial charge >= 0.3 is 5.97 Å². The molecule has 0 atom stereocenters. The van der Waals surface area contributed by atoms with Crippen LogP contribution >= 0.6 is 23.2 Å². The summed E-state index contributed by atoms with van der Waals surface area (Å²) in [5.74, 6) is -2.06. The van der Waals surface area contributed by atoms with Crippen LogP contribution in [0.5, 0.6) is 0 Å². The molecule has 1 aliphatic rings. The van der Waals surface area contributed by atoms with Crippen molar-refractivity contribution in [1.29, 1.82) is 0 Å². The van der Waals surface area contributed by atoms with Crippen LogP contribution in [-0.2, 0) is 9.53 Å². The predicted octanol–water partition coefficient (Wildman–Crippen LogP) is 1.12. The second-order valence-electron chi connectivity index (χ2n) is 3.95. The third-order valence-electron chi connectivity index (χ3n) is 2.65. The fourth-order valence-corrected chi connectivity index (χ4v) is 2.09. The molecule has 106 valence electrons. The Hall–Kier alpha value is -1.63. The van der Waals surface area contributed by atoms with Gasteiger partial charge in [0, 0.05) is 0 Å². The van der Waals surface area contributed by atoms with E-state index in [1.807, 2.05) is 0 Å². The SMILES string of the molecule is O=C(CN1C(=O)c2cc(Cl)c(Cl)cc2C1=O)OCCO. The van der Waals surface area contributed by atoms with Crippen LogP contribution in [0.4, 0.5) is 0 Å². The number of esters is 1. The van der Waals surface area contributed by atoms with Crippen molar-refractivity contribution in [2.75, 3.05) is 19.8 Å². The van der Waals surface area contributed by atoms with Gasteiger partial charge in [-0.25, -0.2) is 0 Å². The molecule has 0 saturated carbocycles. The molecule has 1 aromatic carbocycles. The number of aliphatic hydroxyl groups excluding tert-OH is 1. The van der Waals surface area contributed by atoms with E-state index in [1.54, 1.807) is 0 Å². The van der Waals surface area contributed by atoms with E-state index in [0.717, 1.165) is 4.90 Å². The third kappa shape index (κ3) is 2.63. The third-order valence-corrected chi connectivity index (χ3v) is 3.38. The van der Waals surface area contributed by atoms with Crippen molar-refractivity contribution < 1.29 is 24.2 Å². The van der Waals surface area contributed by atoms with Gasteiger partial charge in [-0.1, -0.05) is 23.2 Å². The summed E-state index contributed by atoms with van der Waals surface area (Å²) in [5.41, 5.74) is 0.193. The number of rotatable bonds is 4. The number of hydrogen-bond donors (Lipinski definition) is 1. The number of aliphatic hydroxyl groups is 1. The van der Waals surface area contributed by atoms with E-state index in [9.17, 15) is 14.4 Å². The molecule has 1 aromatic rings. The van der Waals surface area contributed by atoms with E-state index >= 15 is 0 Å². The second-order valence-corrected chi connectivity index (χ2v) is 4.77. The molecular weight excluding hydrogens is 309 g/mol. The molecule has 8 heteroatoms. The lowest BCUT2D eigenvalue weighted by atomic mass is 10.1. The largest absolute Gasteiger partial charge is 0.462 e. The van der Waals surface area contributed by atoms with Crippen molar-refractivity contribution in [2.24, 2.45) is 0 Å². The van der Waals surface area contributed by atoms with Crippen LogP contribution in [0.3, 0.4) is 0 Å². The normalized spacial score (nSPS) is 13.7. The summed E-state index contributed by atoms with van der Waals surface area (Å²) in [7, 11) is 0. The van der Waals surface area contributed by atoms with Crippen LogP contribution in [0.2, 0.25) is 10.0 Å². The number of benzene rings is 1. The van der Waals surface area contributed by atoms with Gasteiger partial charge in [-0.2, -0.15) is 0 Å². The van der Waals surface area contributed by atoms with E-state index in [-0.39, 0.29) is 34.4 Å². The Morgan fingerprint density at radius 2 is 1.65 bits per heavy atom. The zero-order chi connectivity index (χ0) is 14.9. The Balaban J connectivity index is 2.22. The van der Waals surface area contributed by atoms with Gasteiger partial charge in [-0.15, -0.1) is 0 Å². The molecule has 0 bridgehead atoms. The van der Waals surface area contributed by atoms with E-state index in [2.05, 4.69) is 4.74 Å². The van der Waals surface area contributed by atoms with Gasteiger partial charge in [-0.05, 0) is 12.1 Å². The first kappa shape index (κ1) is 14.8. The molecule has 0 aromatic heterocycles. The van der Waals surface area contributed by atoms with Crippen molar-refractivity contribution in [3.05, 3.63) is 33.3 Å². The van der Waals surface area contributed by atoms with Gasteiger partial charge in [0.2, 0.25) is 0 Å². The minimum Gasteiger partial charge on any atom is -0.462 e. The molecule has 1 N–H and O–H groups in total. The predicted molar refractivity (Wildman–Crippen MR) is 69.9 cm³/mol. The summed E-state index contributed by atoms with van der Waals surface area (Å²) in [6.45, 7) is -1.06. The topological polar surface area (TPSA) is 83.9 Å². The number of halogens is 2. The smallest absolute Gasteiger partial charge is 0.326 e. The van der Waals surface area contributed by atoms with Crippen LogP contribution < -0.4 is 0 Å². The van der Waals surface area contributed by atoms with Crippen LogP contribution in [0.15, 0.2) is 12.1 Å². The first-order chi connectivity index (χ1) is 9.45. The number of carbonyl (C=O) groups excluding carboxylic acids is 3. The Bertz CT molecular complexity index is 561. The van der Waals surface area contributed by atoms with Crippen molar-refractivity contribution in [2.45, 2.75) is 0 Å². The molecule has 0 saturated heterocycles. The molecule has 0 radical (unpaired) electrons. The van der Waals surface area contributed by atoms with Crippen molar-refractivity contribution in [1.82, 2.24) is 4.90 Å². The van der Waals surface area contributed by atoms with Gasteiger partial charge in [0.05, 0.1) is 27.8 Å². The monoisotopic (exact) mass is 317 g/mol. The Morgan fingerprint density at radius 3 is 2.10 bits per heavy atom. The van der Waals surface area contributed by atoms with Crippen LogP contribution in [-0.4, -0.2) is 47.5 Å². The van der Waals surface area contributed by atoms with E-state index < -0.39 is 24.3 Å². The zero-order valence-corrected chi connectivity index (χ0v) is 11.6. The summed E-state index contributed by atoms with van der Waals surface area (Å²) >= 11 is 11.6. The first-order valence-corrected chi connectivity index (χ1v) is 6.33. The summed E-state index contributed by atoms with van der Waals surface area (Å²) in [6, 6.07) is 2.58. The summed E-state index contributed by atoms with van der Waals surface area (Å²) < 4.78 is 4.61. The van der Waals surface area contributed by atoms with Gasteiger partial charge in [0.25, 0.3) is 11.8 Å². The number of fused-ring (bicyclic) bond motifs is 1. The molecule has 2 rings (SSSR count). The van der Waals surface area contributed by atoms with Gasteiger partial charge in [0.15, 0.2) is 0 Å². The second kappa shape index (κ2) is 5.78. The zero-order valence-electron chi connectivity index (χ0n) is 10.1. The lowest BCUT2D eigenvalue weighted by Crippen LogP contribution is -2.35. The maximum absolute atomic E-state index is 12.0. The Morgan fingerprint density at radius 1 is 1.15 bits per heavy atom. The lowest BCUT2D eigenvalue weighted by Gasteiger charge is -2.12. The maximum atomic E-state index is 12.0. The highest BCUT2D eigenvalue weighted by molar-refractivity contribution is 6.43. The van der Waals surface area contributed by atoms with Crippen molar-refractivity contribution >= 4 is 41.0 Å². The highest BCUT2D eigenvalue weighted by atomic mass is 35.5. The number of nitrogens with zero attached hydrogens (tertiary/aromatic N) is 1. The van der Waals surface area contributed by atoms with Crippen LogP contribution in [0.1, 0.15) is 20.7 Å². The molecule has 1 heterocycles. The van der Waals surface area contributed by atoms with Crippen LogP contribution in [0, 0.1) is 0 Å². The van der Waals surface area contributed by atoms with E-state index in [4.69, 9.17) is 28.3 Å². The molecule has 0 aliphatic carbocycles. The molecule has 6 nitrogen and oxygen atoms in total. The molecule has 2 amide bonds. The molecule has 0 unspecified atom stereocenters. The van der Waals surface area contributed by atoms with Crippen molar-refractivity contribution in [3.63, 3.8) is 0 Å². The average Bonchev–Trinajstić information content (AvgIpc) is 2.63. The molecular formula is C12H9Cl2NO5. The Kier molecular flexibility index (Phi) is 4.27. The first-order valence-electron chi connectivity index (χ1n) is 5.57. The highest BCUT2D eigenvalue weighted by Gasteiger charge is 2.37. The molecule has 0 fully saturated rings. The van der Waals surface area contributed by atoms with E-state index in [0.29, 0.717) is 0 Å². The average molecular weight is 318 g/mol. The minimum atomic E-state index is -0.786. The number of imide groups is 1.